The van der Waals surface area contributed by atoms with Crippen LogP contribution in [-0.2, 0) is 6.42 Å². The number of carbonyl (C=O) groups excluding carboxylic acids is 2. The van der Waals surface area contributed by atoms with Crippen LogP contribution in [0.3, 0.4) is 0 Å². The molecule has 0 saturated heterocycles. The smallest absolute Gasteiger partial charge is 0.257 e. The Morgan fingerprint density at radius 2 is 2.13 bits per heavy atom. The van der Waals surface area contributed by atoms with Gasteiger partial charge in [-0.05, 0) is 37.1 Å². The van der Waals surface area contributed by atoms with Gasteiger partial charge in [-0.15, -0.1) is 0 Å². The van der Waals surface area contributed by atoms with E-state index in [2.05, 4.69) is 15.3 Å². The second-order valence-corrected chi connectivity index (χ2v) is 5.70. The van der Waals surface area contributed by atoms with E-state index >= 15 is 0 Å². The van der Waals surface area contributed by atoms with E-state index in [1.54, 1.807) is 12.4 Å². The molecule has 0 fully saturated rings. The average molecular weight is 305 g/mol. The number of aromatic nitrogens is 2. The number of nitrogens with zero attached hydrogens (tertiary/aromatic N) is 1. The number of ketones is 1. The Bertz CT molecular complexity index is 927. The molecule has 0 saturated carbocycles. The number of fused-ring (bicyclic) bond motifs is 2. The standard InChI is InChI=1S/C18H15N3O2/c22-16-5-1-4-15-17(16)13(10-20-15)18(23)21-12-6-7-14-11(9-12)3-2-8-19-14/h2-3,6-10,20H,1,4-5H2,(H,21,23). The largest absolute Gasteiger partial charge is 0.364 e. The summed E-state index contributed by atoms with van der Waals surface area (Å²) in [6.45, 7) is 0. The Morgan fingerprint density at radius 3 is 3.04 bits per heavy atom. The number of anilines is 1. The highest BCUT2D eigenvalue weighted by atomic mass is 16.2. The molecule has 1 aliphatic rings. The number of carbonyl (C=O) groups is 2. The maximum absolute atomic E-state index is 12.5. The van der Waals surface area contributed by atoms with Crippen molar-refractivity contribution in [2.24, 2.45) is 0 Å². The van der Waals surface area contributed by atoms with Gasteiger partial charge in [0.2, 0.25) is 0 Å². The van der Waals surface area contributed by atoms with E-state index < -0.39 is 0 Å². The van der Waals surface area contributed by atoms with Crippen molar-refractivity contribution in [1.29, 1.82) is 0 Å². The van der Waals surface area contributed by atoms with Crippen LogP contribution in [0.2, 0.25) is 0 Å². The molecule has 1 amide bonds. The van der Waals surface area contributed by atoms with Crippen molar-refractivity contribution in [3.8, 4) is 0 Å². The van der Waals surface area contributed by atoms with Crippen LogP contribution in [0.1, 0.15) is 39.3 Å². The van der Waals surface area contributed by atoms with Crippen LogP contribution in [0.25, 0.3) is 10.9 Å². The molecular weight excluding hydrogens is 290 g/mol. The number of benzene rings is 1. The highest BCUT2D eigenvalue weighted by Crippen LogP contribution is 2.25. The number of rotatable bonds is 2. The Balaban J connectivity index is 1.65. The molecule has 2 heterocycles. The number of aryl methyl sites for hydroxylation is 1. The van der Waals surface area contributed by atoms with Crippen LogP contribution in [-0.4, -0.2) is 21.7 Å². The van der Waals surface area contributed by atoms with Crippen LogP contribution >= 0.6 is 0 Å². The molecule has 114 valence electrons. The molecule has 2 N–H and O–H groups in total. The van der Waals surface area contributed by atoms with E-state index in [4.69, 9.17) is 0 Å². The van der Waals surface area contributed by atoms with Gasteiger partial charge in [0.1, 0.15) is 0 Å². The number of Topliss-reactive ketones (excluding diaryl/α,β-unsaturated/α-hetero) is 1. The SMILES string of the molecule is O=C(Nc1ccc2ncccc2c1)c1c[nH]c2c1C(=O)CCC2. The first-order valence-corrected chi connectivity index (χ1v) is 7.62. The second kappa shape index (κ2) is 5.35. The van der Waals surface area contributed by atoms with Gasteiger partial charge in [0, 0.05) is 35.6 Å². The molecule has 23 heavy (non-hydrogen) atoms. The van der Waals surface area contributed by atoms with E-state index in [1.807, 2.05) is 30.3 Å². The zero-order valence-corrected chi connectivity index (χ0v) is 12.4. The quantitative estimate of drug-likeness (QED) is 0.762. The van der Waals surface area contributed by atoms with Gasteiger partial charge in [0.05, 0.1) is 16.6 Å². The maximum Gasteiger partial charge on any atom is 0.257 e. The number of hydrogen-bond acceptors (Lipinski definition) is 3. The molecule has 1 aromatic carbocycles. The number of H-pyrrole nitrogens is 1. The molecule has 1 aliphatic carbocycles. The van der Waals surface area contributed by atoms with Gasteiger partial charge in [0.15, 0.2) is 5.78 Å². The minimum absolute atomic E-state index is 0.0420. The second-order valence-electron chi connectivity index (χ2n) is 5.70. The van der Waals surface area contributed by atoms with Crippen LogP contribution < -0.4 is 5.32 Å². The van der Waals surface area contributed by atoms with Crippen molar-refractivity contribution in [3.63, 3.8) is 0 Å². The Kier molecular flexibility index (Phi) is 3.19. The third-order valence-corrected chi connectivity index (χ3v) is 4.18. The first kappa shape index (κ1) is 13.7. The summed E-state index contributed by atoms with van der Waals surface area (Å²) in [5.41, 5.74) is 3.41. The van der Waals surface area contributed by atoms with Gasteiger partial charge in [0.25, 0.3) is 5.91 Å². The molecule has 0 spiro atoms. The highest BCUT2D eigenvalue weighted by molar-refractivity contribution is 6.13. The van der Waals surface area contributed by atoms with E-state index in [0.29, 0.717) is 23.2 Å². The monoisotopic (exact) mass is 305 g/mol. The summed E-state index contributed by atoms with van der Waals surface area (Å²) in [4.78, 5) is 31.9. The van der Waals surface area contributed by atoms with Gasteiger partial charge in [-0.25, -0.2) is 0 Å². The molecule has 5 heteroatoms. The summed E-state index contributed by atoms with van der Waals surface area (Å²) in [5.74, 6) is -0.221. The molecule has 0 radical (unpaired) electrons. The lowest BCUT2D eigenvalue weighted by atomic mass is 9.93. The van der Waals surface area contributed by atoms with Gasteiger partial charge in [-0.1, -0.05) is 6.07 Å². The number of amides is 1. The summed E-state index contributed by atoms with van der Waals surface area (Å²) in [6, 6.07) is 9.35. The van der Waals surface area contributed by atoms with Gasteiger partial charge in [-0.3, -0.25) is 14.6 Å². The van der Waals surface area contributed by atoms with Crippen molar-refractivity contribution in [3.05, 3.63) is 59.5 Å². The lowest BCUT2D eigenvalue weighted by Gasteiger charge is -2.12. The molecule has 0 atom stereocenters. The highest BCUT2D eigenvalue weighted by Gasteiger charge is 2.25. The fourth-order valence-corrected chi connectivity index (χ4v) is 3.06. The predicted molar refractivity (Wildman–Crippen MR) is 87.8 cm³/mol. The first-order valence-electron chi connectivity index (χ1n) is 7.62. The third-order valence-electron chi connectivity index (χ3n) is 4.18. The van der Waals surface area contributed by atoms with Crippen molar-refractivity contribution in [2.45, 2.75) is 19.3 Å². The summed E-state index contributed by atoms with van der Waals surface area (Å²) < 4.78 is 0. The summed E-state index contributed by atoms with van der Waals surface area (Å²) in [6.07, 6.45) is 5.53. The Morgan fingerprint density at radius 1 is 1.22 bits per heavy atom. The Labute approximate surface area is 132 Å². The van der Waals surface area contributed by atoms with Gasteiger partial charge in [-0.2, -0.15) is 0 Å². The molecule has 2 aromatic heterocycles. The number of aromatic amines is 1. The topological polar surface area (TPSA) is 74.8 Å². The van der Waals surface area contributed by atoms with E-state index in [1.165, 1.54) is 0 Å². The van der Waals surface area contributed by atoms with Crippen molar-refractivity contribution < 1.29 is 9.59 Å². The Hall–Kier alpha value is -2.95. The van der Waals surface area contributed by atoms with Crippen LogP contribution in [0.15, 0.2) is 42.7 Å². The molecule has 4 rings (SSSR count). The zero-order valence-electron chi connectivity index (χ0n) is 12.4. The zero-order chi connectivity index (χ0) is 15.8. The van der Waals surface area contributed by atoms with Crippen LogP contribution in [0.5, 0.6) is 0 Å². The van der Waals surface area contributed by atoms with Crippen LogP contribution in [0, 0.1) is 0 Å². The molecular formula is C18H15N3O2. The van der Waals surface area contributed by atoms with Crippen molar-refractivity contribution in [2.75, 3.05) is 5.32 Å². The molecule has 0 aliphatic heterocycles. The lowest BCUT2D eigenvalue weighted by molar-refractivity contribution is 0.0956. The fraction of sp³-hybridized carbons (Fsp3) is 0.167. The first-order chi connectivity index (χ1) is 11.2. The average Bonchev–Trinajstić information content (AvgIpc) is 3.00. The molecule has 0 bridgehead atoms. The van der Waals surface area contributed by atoms with E-state index in [0.717, 1.165) is 29.4 Å². The molecule has 0 unspecified atom stereocenters. The minimum Gasteiger partial charge on any atom is -0.364 e. The minimum atomic E-state index is -0.263. The molecule has 5 nitrogen and oxygen atoms in total. The number of pyridine rings is 1. The van der Waals surface area contributed by atoms with Crippen LogP contribution in [0.4, 0.5) is 5.69 Å². The molecule has 3 aromatic rings. The fourth-order valence-electron chi connectivity index (χ4n) is 3.06. The van der Waals surface area contributed by atoms with Gasteiger partial charge < -0.3 is 10.3 Å². The van der Waals surface area contributed by atoms with Gasteiger partial charge >= 0.3 is 0 Å². The summed E-state index contributed by atoms with van der Waals surface area (Å²) >= 11 is 0. The number of nitrogens with one attached hydrogen (secondary N) is 2. The van der Waals surface area contributed by atoms with E-state index in [9.17, 15) is 9.59 Å². The lowest BCUT2D eigenvalue weighted by Crippen LogP contribution is -2.17. The van der Waals surface area contributed by atoms with Crippen molar-refractivity contribution in [1.82, 2.24) is 9.97 Å². The normalized spacial score (nSPS) is 13.8. The third kappa shape index (κ3) is 2.40. The number of hydrogen-bond donors (Lipinski definition) is 2. The maximum atomic E-state index is 12.5. The van der Waals surface area contributed by atoms with Crippen molar-refractivity contribution >= 4 is 28.3 Å². The summed E-state index contributed by atoms with van der Waals surface area (Å²) in [5, 5.41) is 3.82. The predicted octanol–water partition coefficient (Wildman–Crippen LogP) is 3.33. The van der Waals surface area contributed by atoms with E-state index in [-0.39, 0.29) is 11.7 Å². The summed E-state index contributed by atoms with van der Waals surface area (Å²) in [7, 11) is 0.